The molecule has 0 aliphatic rings. The van der Waals surface area contributed by atoms with Crippen LogP contribution in [0.4, 0.5) is 0 Å². The molecule has 10 rings (SSSR count). The van der Waals surface area contributed by atoms with Gasteiger partial charge in [-0.05, 0) is 52.6 Å². The lowest BCUT2D eigenvalue weighted by Gasteiger charge is -2.11. The number of nitrogens with zero attached hydrogens (tertiary/aromatic N) is 4. The summed E-state index contributed by atoms with van der Waals surface area (Å²) < 4.78 is 4.75. The van der Waals surface area contributed by atoms with Crippen molar-refractivity contribution in [1.29, 1.82) is 0 Å². The molecule has 234 valence electrons. The molecule has 0 atom stereocenters. The molecular weight excluding hydrogens is 629 g/mol. The van der Waals surface area contributed by atoms with Gasteiger partial charge < -0.3 is 0 Å². The monoisotopic (exact) mass is 656 g/mol. The van der Waals surface area contributed by atoms with Crippen LogP contribution in [0.1, 0.15) is 0 Å². The maximum absolute atomic E-state index is 5.20. The van der Waals surface area contributed by atoms with E-state index in [0.717, 1.165) is 27.7 Å². The molecule has 4 nitrogen and oxygen atoms in total. The van der Waals surface area contributed by atoms with Crippen LogP contribution in [-0.4, -0.2) is 19.5 Å². The normalized spacial score (nSPS) is 11.6. The molecule has 7 aromatic carbocycles. The lowest BCUT2D eigenvalue weighted by molar-refractivity contribution is 0.953. The van der Waals surface area contributed by atoms with Gasteiger partial charge in [0.2, 0.25) is 5.95 Å². The molecule has 0 saturated carbocycles. The van der Waals surface area contributed by atoms with Crippen molar-refractivity contribution in [3.05, 3.63) is 170 Å². The Kier molecular flexibility index (Phi) is 6.64. The second-order valence-corrected chi connectivity index (χ2v) is 13.5. The van der Waals surface area contributed by atoms with E-state index in [4.69, 9.17) is 15.0 Å². The third-order valence-electron chi connectivity index (χ3n) is 9.48. The van der Waals surface area contributed by atoms with Crippen molar-refractivity contribution in [1.82, 2.24) is 19.5 Å². The highest BCUT2D eigenvalue weighted by Gasteiger charge is 2.21. The van der Waals surface area contributed by atoms with Crippen molar-refractivity contribution in [2.75, 3.05) is 0 Å². The first-order chi connectivity index (χ1) is 24.8. The molecule has 0 aliphatic heterocycles. The first-order valence-electron chi connectivity index (χ1n) is 16.7. The predicted octanol–water partition coefficient (Wildman–Crippen LogP) is 12.0. The molecule has 0 fully saturated rings. The van der Waals surface area contributed by atoms with Crippen molar-refractivity contribution in [2.24, 2.45) is 0 Å². The van der Waals surface area contributed by atoms with Crippen molar-refractivity contribution >= 4 is 53.3 Å². The number of fused-ring (bicyclic) bond motifs is 7. The topological polar surface area (TPSA) is 43.6 Å². The summed E-state index contributed by atoms with van der Waals surface area (Å²) in [7, 11) is 0. The highest BCUT2D eigenvalue weighted by Crippen LogP contribution is 2.44. The van der Waals surface area contributed by atoms with Gasteiger partial charge >= 0.3 is 0 Å². The van der Waals surface area contributed by atoms with Gasteiger partial charge in [-0.2, -0.15) is 9.97 Å². The van der Waals surface area contributed by atoms with Gasteiger partial charge in [0.1, 0.15) is 0 Å². The predicted molar refractivity (Wildman–Crippen MR) is 209 cm³/mol. The minimum atomic E-state index is 0.594. The Balaban J connectivity index is 1.22. The SMILES string of the molecule is c1ccc(-c2ccc(-c3nc(-c4ccccc4)nc(-n4c5ccccc5c5c6c(ccc54)sc4ccc(-c5ccccc5)cc46)n3)cc2)cc1. The fraction of sp³-hybridized carbons (Fsp3) is 0. The number of hydrogen-bond acceptors (Lipinski definition) is 4. The average Bonchev–Trinajstić information content (AvgIpc) is 3.74. The van der Waals surface area contributed by atoms with Gasteiger partial charge in [-0.15, -0.1) is 11.3 Å². The van der Waals surface area contributed by atoms with Crippen molar-refractivity contribution < 1.29 is 0 Å². The molecular formula is C45H28N4S. The Morgan fingerprint density at radius 1 is 0.360 bits per heavy atom. The van der Waals surface area contributed by atoms with Crippen LogP contribution >= 0.6 is 11.3 Å². The van der Waals surface area contributed by atoms with Gasteiger partial charge in [0.15, 0.2) is 11.6 Å². The summed E-state index contributed by atoms with van der Waals surface area (Å²) in [6.45, 7) is 0. The largest absolute Gasteiger partial charge is 0.278 e. The van der Waals surface area contributed by atoms with Crippen LogP contribution in [0.15, 0.2) is 170 Å². The maximum atomic E-state index is 5.20. The van der Waals surface area contributed by atoms with Gasteiger partial charge in [-0.25, -0.2) is 4.98 Å². The molecule has 0 amide bonds. The Bertz CT molecular complexity index is 2840. The number of para-hydroxylation sites is 1. The third kappa shape index (κ3) is 4.71. The summed E-state index contributed by atoms with van der Waals surface area (Å²) in [5.74, 6) is 1.86. The van der Waals surface area contributed by atoms with Gasteiger partial charge in [0.05, 0.1) is 11.0 Å². The van der Waals surface area contributed by atoms with Crippen LogP contribution in [0.2, 0.25) is 0 Å². The van der Waals surface area contributed by atoms with Gasteiger partial charge in [0, 0.05) is 42.1 Å². The number of aromatic nitrogens is 4. The number of hydrogen-bond donors (Lipinski definition) is 0. The first kappa shape index (κ1) is 28.6. The summed E-state index contributed by atoms with van der Waals surface area (Å²) >= 11 is 1.84. The van der Waals surface area contributed by atoms with Crippen LogP contribution in [0.5, 0.6) is 0 Å². The second-order valence-electron chi connectivity index (χ2n) is 12.5. The first-order valence-corrected chi connectivity index (χ1v) is 17.5. The summed E-state index contributed by atoms with van der Waals surface area (Å²) in [6, 6.07) is 59.6. The summed E-state index contributed by atoms with van der Waals surface area (Å²) in [4.78, 5) is 15.4. The second kappa shape index (κ2) is 11.6. The fourth-order valence-corrected chi connectivity index (χ4v) is 8.20. The van der Waals surface area contributed by atoms with Gasteiger partial charge in [-0.3, -0.25) is 4.57 Å². The Hall–Kier alpha value is -6.43. The minimum Gasteiger partial charge on any atom is -0.278 e. The molecule has 0 N–H and O–H groups in total. The summed E-state index contributed by atoms with van der Waals surface area (Å²) in [5, 5.41) is 4.92. The molecule has 3 heterocycles. The van der Waals surface area contributed by atoms with Crippen LogP contribution in [0, 0.1) is 0 Å². The lowest BCUT2D eigenvalue weighted by atomic mass is 10.0. The zero-order valence-corrected chi connectivity index (χ0v) is 27.7. The molecule has 0 aliphatic carbocycles. The van der Waals surface area contributed by atoms with E-state index in [1.54, 1.807) is 0 Å². The molecule has 50 heavy (non-hydrogen) atoms. The average molecular weight is 657 g/mol. The fourth-order valence-electron chi connectivity index (χ4n) is 7.10. The smallest absolute Gasteiger partial charge is 0.238 e. The molecule has 0 radical (unpaired) electrons. The Morgan fingerprint density at radius 3 is 1.58 bits per heavy atom. The van der Waals surface area contributed by atoms with E-state index in [-0.39, 0.29) is 0 Å². The number of rotatable bonds is 5. The zero-order chi connectivity index (χ0) is 33.0. The summed E-state index contributed by atoms with van der Waals surface area (Å²) in [6.07, 6.45) is 0. The number of thiophene rings is 1. The van der Waals surface area contributed by atoms with Gasteiger partial charge in [0.25, 0.3) is 0 Å². The van der Waals surface area contributed by atoms with E-state index in [0.29, 0.717) is 17.6 Å². The van der Waals surface area contributed by atoms with E-state index >= 15 is 0 Å². The molecule has 3 aromatic heterocycles. The van der Waals surface area contributed by atoms with E-state index in [9.17, 15) is 0 Å². The van der Waals surface area contributed by atoms with Crippen LogP contribution in [0.25, 0.3) is 93.0 Å². The van der Waals surface area contributed by atoms with E-state index in [1.165, 1.54) is 47.6 Å². The van der Waals surface area contributed by atoms with Crippen molar-refractivity contribution in [3.63, 3.8) is 0 Å². The molecule has 10 aromatic rings. The third-order valence-corrected chi connectivity index (χ3v) is 10.6. The van der Waals surface area contributed by atoms with E-state index < -0.39 is 0 Å². The molecule has 0 unspecified atom stereocenters. The zero-order valence-electron chi connectivity index (χ0n) is 26.9. The maximum Gasteiger partial charge on any atom is 0.238 e. The Labute approximate surface area is 292 Å². The lowest BCUT2D eigenvalue weighted by Crippen LogP contribution is -2.06. The molecule has 0 bridgehead atoms. The van der Waals surface area contributed by atoms with Crippen molar-refractivity contribution in [2.45, 2.75) is 0 Å². The number of benzene rings is 7. The molecule has 5 heteroatoms. The van der Waals surface area contributed by atoms with Crippen LogP contribution < -0.4 is 0 Å². The highest BCUT2D eigenvalue weighted by atomic mass is 32.1. The van der Waals surface area contributed by atoms with Crippen LogP contribution in [-0.2, 0) is 0 Å². The highest BCUT2D eigenvalue weighted by molar-refractivity contribution is 7.26. The van der Waals surface area contributed by atoms with E-state index in [1.807, 2.05) is 35.6 Å². The minimum absolute atomic E-state index is 0.594. The molecule has 0 spiro atoms. The van der Waals surface area contributed by atoms with E-state index in [2.05, 4.69) is 150 Å². The quantitative estimate of drug-likeness (QED) is 0.185. The standard InChI is InChI=1S/C45H28N4S/c1-4-12-29(13-5-1)31-20-22-33(23-21-31)44-46-43(32-16-8-3-9-17-32)47-45(48-44)49-37-19-11-10-18-35(37)41-38(49)25-27-40-42(41)36-28-34(24-26-39(36)50-40)30-14-6-2-7-15-30/h1-28H. The summed E-state index contributed by atoms with van der Waals surface area (Å²) in [5.41, 5.74) is 8.76. The van der Waals surface area contributed by atoms with Crippen LogP contribution in [0.3, 0.4) is 0 Å². The molecule has 0 saturated heterocycles. The van der Waals surface area contributed by atoms with Gasteiger partial charge in [-0.1, -0.05) is 140 Å². The van der Waals surface area contributed by atoms with Crippen molar-refractivity contribution in [3.8, 4) is 51.0 Å². The Morgan fingerprint density at radius 2 is 0.880 bits per heavy atom.